The number of hydrogen-bond acceptors (Lipinski definition) is 4. The van der Waals surface area contributed by atoms with Crippen molar-refractivity contribution in [3.05, 3.63) is 17.2 Å². The second-order valence-corrected chi connectivity index (χ2v) is 3.90. The molecule has 0 aliphatic rings. The van der Waals surface area contributed by atoms with Gasteiger partial charge in [-0.05, 0) is 18.5 Å². The van der Waals surface area contributed by atoms with Gasteiger partial charge < -0.3 is 4.74 Å². The van der Waals surface area contributed by atoms with E-state index in [0.717, 1.165) is 22.9 Å². The molecule has 1 aromatic heterocycles. The first kappa shape index (κ1) is 10.8. The normalized spacial score (nSPS) is 10.4. The van der Waals surface area contributed by atoms with E-state index in [1.54, 1.807) is 25.1 Å². The van der Waals surface area contributed by atoms with Crippen LogP contribution in [-0.2, 0) is 4.74 Å². The van der Waals surface area contributed by atoms with Gasteiger partial charge in [0.1, 0.15) is 0 Å². The van der Waals surface area contributed by atoms with Crippen LogP contribution >= 0.6 is 23.4 Å². The van der Waals surface area contributed by atoms with E-state index in [2.05, 4.69) is 9.97 Å². The average Bonchev–Trinajstić information content (AvgIpc) is 2.09. The maximum atomic E-state index is 5.62. The summed E-state index contributed by atoms with van der Waals surface area (Å²) in [5.41, 5.74) is 0.918. The van der Waals surface area contributed by atoms with Gasteiger partial charge in [-0.1, -0.05) is 0 Å². The van der Waals surface area contributed by atoms with Gasteiger partial charge in [-0.2, -0.15) is 0 Å². The Balaban J connectivity index is 2.56. The van der Waals surface area contributed by atoms with E-state index in [4.69, 9.17) is 16.3 Å². The summed E-state index contributed by atoms with van der Waals surface area (Å²) >= 11 is 7.29. The lowest BCUT2D eigenvalue weighted by molar-refractivity contribution is 0.218. The molecule has 0 bridgehead atoms. The third-order valence-corrected chi connectivity index (χ3v) is 2.71. The maximum Gasteiger partial charge on any atom is 0.222 e. The molecule has 0 saturated carbocycles. The Morgan fingerprint density at radius 2 is 2.38 bits per heavy atom. The van der Waals surface area contributed by atoms with E-state index < -0.39 is 0 Å². The first-order valence-electron chi connectivity index (χ1n) is 3.85. The number of nitrogens with zero attached hydrogens (tertiary/aromatic N) is 2. The van der Waals surface area contributed by atoms with Crippen LogP contribution in [0, 0.1) is 6.92 Å². The van der Waals surface area contributed by atoms with Crippen molar-refractivity contribution in [1.29, 1.82) is 0 Å². The summed E-state index contributed by atoms with van der Waals surface area (Å²) < 4.78 is 4.94. The average molecular weight is 219 g/mol. The van der Waals surface area contributed by atoms with Crippen LogP contribution in [0.3, 0.4) is 0 Å². The molecule has 0 saturated heterocycles. The second kappa shape index (κ2) is 5.42. The molecule has 0 aromatic carbocycles. The molecule has 1 heterocycles. The lowest BCUT2D eigenvalue weighted by Crippen LogP contribution is -1.94. The van der Waals surface area contributed by atoms with Crippen molar-refractivity contribution in [3.63, 3.8) is 0 Å². The highest BCUT2D eigenvalue weighted by molar-refractivity contribution is 7.99. The van der Waals surface area contributed by atoms with Gasteiger partial charge in [0.2, 0.25) is 5.28 Å². The Bertz CT molecular complexity index is 283. The highest BCUT2D eigenvalue weighted by atomic mass is 35.5. The summed E-state index contributed by atoms with van der Waals surface area (Å²) in [4.78, 5) is 9.01. The molecule has 0 radical (unpaired) electrons. The van der Waals surface area contributed by atoms with Crippen LogP contribution in [0.2, 0.25) is 5.28 Å². The molecule has 72 valence electrons. The molecule has 0 amide bonds. The SMILES string of the molecule is COCCSc1cnc(Cl)nc1C. The smallest absolute Gasteiger partial charge is 0.222 e. The summed E-state index contributed by atoms with van der Waals surface area (Å²) in [5.74, 6) is 0.905. The van der Waals surface area contributed by atoms with Gasteiger partial charge in [0.25, 0.3) is 0 Å². The largest absolute Gasteiger partial charge is 0.384 e. The Kier molecular flexibility index (Phi) is 4.48. The number of ether oxygens (including phenoxy) is 1. The fourth-order valence-corrected chi connectivity index (χ4v) is 1.83. The van der Waals surface area contributed by atoms with E-state index in [9.17, 15) is 0 Å². The molecular formula is C8H11ClN2OS. The molecule has 0 atom stereocenters. The molecule has 0 fully saturated rings. The summed E-state index contributed by atoms with van der Waals surface area (Å²) in [7, 11) is 1.69. The fraction of sp³-hybridized carbons (Fsp3) is 0.500. The monoisotopic (exact) mass is 218 g/mol. The van der Waals surface area contributed by atoms with Gasteiger partial charge in [0, 0.05) is 24.0 Å². The van der Waals surface area contributed by atoms with E-state index >= 15 is 0 Å². The van der Waals surface area contributed by atoms with Crippen molar-refractivity contribution in [1.82, 2.24) is 9.97 Å². The van der Waals surface area contributed by atoms with Crippen LogP contribution in [0.25, 0.3) is 0 Å². The Morgan fingerprint density at radius 1 is 1.62 bits per heavy atom. The number of halogens is 1. The number of aromatic nitrogens is 2. The Hall–Kier alpha value is -0.320. The van der Waals surface area contributed by atoms with E-state index in [-0.39, 0.29) is 0 Å². The third-order valence-electron chi connectivity index (χ3n) is 1.45. The topological polar surface area (TPSA) is 35.0 Å². The molecule has 5 heteroatoms. The van der Waals surface area contributed by atoms with Crippen molar-refractivity contribution in [2.75, 3.05) is 19.5 Å². The number of methoxy groups -OCH3 is 1. The Labute approximate surface area is 86.9 Å². The number of aryl methyl sites for hydroxylation is 1. The molecular weight excluding hydrogens is 208 g/mol. The van der Waals surface area contributed by atoms with Crippen LogP contribution in [0.1, 0.15) is 5.69 Å². The standard InChI is InChI=1S/C8H11ClN2OS/c1-6-7(13-4-3-12-2)5-10-8(9)11-6/h5H,3-4H2,1-2H3. The van der Waals surface area contributed by atoms with Crippen molar-refractivity contribution >= 4 is 23.4 Å². The number of rotatable bonds is 4. The van der Waals surface area contributed by atoms with Crippen LogP contribution in [0.4, 0.5) is 0 Å². The predicted octanol–water partition coefficient (Wildman–Crippen LogP) is 2.18. The molecule has 0 N–H and O–H groups in total. The van der Waals surface area contributed by atoms with Crippen molar-refractivity contribution in [2.45, 2.75) is 11.8 Å². The van der Waals surface area contributed by atoms with Crippen molar-refractivity contribution < 1.29 is 4.74 Å². The van der Waals surface area contributed by atoms with Crippen molar-refractivity contribution in [2.24, 2.45) is 0 Å². The number of hydrogen-bond donors (Lipinski definition) is 0. The zero-order valence-electron chi connectivity index (χ0n) is 7.58. The molecule has 0 aliphatic carbocycles. The second-order valence-electron chi connectivity index (χ2n) is 2.43. The van der Waals surface area contributed by atoms with Crippen LogP contribution in [0.5, 0.6) is 0 Å². The van der Waals surface area contributed by atoms with Gasteiger partial charge in [-0.25, -0.2) is 9.97 Å². The number of thioether (sulfide) groups is 1. The highest BCUT2D eigenvalue weighted by Gasteiger charge is 2.01. The molecule has 1 rings (SSSR count). The Morgan fingerprint density at radius 3 is 3.00 bits per heavy atom. The quantitative estimate of drug-likeness (QED) is 0.441. The van der Waals surface area contributed by atoms with Crippen LogP contribution < -0.4 is 0 Å². The van der Waals surface area contributed by atoms with E-state index in [0.29, 0.717) is 5.28 Å². The minimum atomic E-state index is 0.300. The van der Waals surface area contributed by atoms with Gasteiger partial charge in [0.05, 0.1) is 12.3 Å². The summed E-state index contributed by atoms with van der Waals surface area (Å²) in [6.07, 6.45) is 1.74. The van der Waals surface area contributed by atoms with Crippen molar-refractivity contribution in [3.8, 4) is 0 Å². The van der Waals surface area contributed by atoms with E-state index in [1.165, 1.54) is 0 Å². The lowest BCUT2D eigenvalue weighted by atomic mass is 10.5. The zero-order valence-corrected chi connectivity index (χ0v) is 9.15. The van der Waals surface area contributed by atoms with Gasteiger partial charge in [0.15, 0.2) is 0 Å². The first-order valence-corrected chi connectivity index (χ1v) is 5.21. The lowest BCUT2D eigenvalue weighted by Gasteiger charge is -2.03. The molecule has 1 aromatic rings. The summed E-state index contributed by atoms with van der Waals surface area (Å²) in [6, 6.07) is 0. The summed E-state index contributed by atoms with van der Waals surface area (Å²) in [5, 5.41) is 0.300. The van der Waals surface area contributed by atoms with E-state index in [1.807, 2.05) is 6.92 Å². The predicted molar refractivity (Wildman–Crippen MR) is 54.4 cm³/mol. The molecule has 13 heavy (non-hydrogen) atoms. The minimum Gasteiger partial charge on any atom is -0.384 e. The van der Waals surface area contributed by atoms with Gasteiger partial charge in [-0.15, -0.1) is 11.8 Å². The minimum absolute atomic E-state index is 0.300. The molecule has 3 nitrogen and oxygen atoms in total. The van der Waals surface area contributed by atoms with Gasteiger partial charge >= 0.3 is 0 Å². The van der Waals surface area contributed by atoms with Gasteiger partial charge in [-0.3, -0.25) is 0 Å². The zero-order chi connectivity index (χ0) is 9.68. The molecule has 0 unspecified atom stereocenters. The highest BCUT2D eigenvalue weighted by Crippen LogP contribution is 2.20. The molecule has 0 spiro atoms. The molecule has 0 aliphatic heterocycles. The first-order chi connectivity index (χ1) is 6.24. The fourth-order valence-electron chi connectivity index (χ4n) is 0.804. The van der Waals surface area contributed by atoms with Crippen LogP contribution in [0.15, 0.2) is 11.1 Å². The van der Waals surface area contributed by atoms with Crippen LogP contribution in [-0.4, -0.2) is 29.4 Å². The summed E-state index contributed by atoms with van der Waals surface area (Å²) in [6.45, 7) is 2.65. The third kappa shape index (κ3) is 3.50. The maximum absolute atomic E-state index is 5.62.